The average Bonchev–Trinajstić information content (AvgIpc) is 2.71. The maximum absolute atomic E-state index is 13.9. The predicted octanol–water partition coefficient (Wildman–Crippen LogP) is 4.62. The lowest BCUT2D eigenvalue weighted by molar-refractivity contribution is 0.0294. The van der Waals surface area contributed by atoms with Crippen LogP contribution in [0.5, 0.6) is 5.75 Å². The lowest BCUT2D eigenvalue weighted by Gasteiger charge is -2.39. The molecule has 114 valence electrons. The van der Waals surface area contributed by atoms with Crippen molar-refractivity contribution in [3.63, 3.8) is 0 Å². The Bertz CT molecular complexity index is 593. The number of halogens is 1. The Kier molecular flexibility index (Phi) is 3.16. The molecule has 1 aromatic rings. The Balaban J connectivity index is 1.93. The van der Waals surface area contributed by atoms with Crippen LogP contribution < -0.4 is 4.74 Å². The third-order valence-corrected chi connectivity index (χ3v) is 6.31. The van der Waals surface area contributed by atoms with Crippen LogP contribution >= 0.6 is 0 Å². The monoisotopic (exact) mass is 290 g/mol. The molecule has 0 spiro atoms. The minimum absolute atomic E-state index is 0.0612. The quantitative estimate of drug-likeness (QED) is 0.759. The van der Waals surface area contributed by atoms with Crippen molar-refractivity contribution < 1.29 is 13.9 Å². The zero-order valence-electron chi connectivity index (χ0n) is 13.2. The lowest BCUT2D eigenvalue weighted by Crippen LogP contribution is -2.39. The summed E-state index contributed by atoms with van der Waals surface area (Å²) in [5.74, 6) is 0.280. The smallest absolute Gasteiger partial charge is 0.166 e. The Hall–Kier alpha value is -1.38. The molecular weight excluding hydrogens is 267 g/mol. The van der Waals surface area contributed by atoms with E-state index in [1.54, 1.807) is 12.1 Å². The first-order valence-corrected chi connectivity index (χ1v) is 7.73. The Labute approximate surface area is 125 Å². The normalized spacial score (nSPS) is 33.2. The molecular formula is C18H23FO2. The predicted molar refractivity (Wildman–Crippen MR) is 80.0 cm³/mol. The van der Waals surface area contributed by atoms with Gasteiger partial charge < -0.3 is 4.74 Å². The summed E-state index contributed by atoms with van der Waals surface area (Å²) >= 11 is 0. The molecule has 0 aliphatic heterocycles. The van der Waals surface area contributed by atoms with Crippen molar-refractivity contribution in [1.29, 1.82) is 0 Å². The van der Waals surface area contributed by atoms with E-state index in [-0.39, 0.29) is 28.3 Å². The summed E-state index contributed by atoms with van der Waals surface area (Å²) in [4.78, 5) is 11.7. The largest absolute Gasteiger partial charge is 0.489 e. The maximum atomic E-state index is 13.9. The number of ketones is 1. The second-order valence-electron chi connectivity index (χ2n) is 7.39. The van der Waals surface area contributed by atoms with Gasteiger partial charge in [-0.15, -0.1) is 0 Å². The van der Waals surface area contributed by atoms with Crippen LogP contribution in [0, 0.1) is 22.6 Å². The molecule has 1 aromatic carbocycles. The van der Waals surface area contributed by atoms with Crippen molar-refractivity contribution in [3.8, 4) is 5.75 Å². The van der Waals surface area contributed by atoms with Crippen LogP contribution in [0.1, 0.15) is 57.3 Å². The van der Waals surface area contributed by atoms with E-state index in [0.717, 1.165) is 12.8 Å². The number of ether oxygens (including phenoxy) is 1. The van der Waals surface area contributed by atoms with Crippen LogP contribution in [0.4, 0.5) is 4.39 Å². The fraction of sp³-hybridized carbons (Fsp3) is 0.611. The number of rotatable bonds is 3. The lowest BCUT2D eigenvalue weighted by atomic mass is 9.70. The summed E-state index contributed by atoms with van der Waals surface area (Å²) in [7, 11) is 0. The number of fused-ring (bicyclic) bond motifs is 2. The van der Waals surface area contributed by atoms with Crippen molar-refractivity contribution >= 4 is 5.78 Å². The number of hydrogen-bond acceptors (Lipinski definition) is 2. The zero-order valence-corrected chi connectivity index (χ0v) is 13.2. The van der Waals surface area contributed by atoms with Crippen LogP contribution in [-0.2, 0) is 0 Å². The molecule has 2 bridgehead atoms. The van der Waals surface area contributed by atoms with E-state index in [4.69, 9.17) is 4.74 Å². The molecule has 2 aliphatic rings. The van der Waals surface area contributed by atoms with Gasteiger partial charge in [0.1, 0.15) is 17.7 Å². The van der Waals surface area contributed by atoms with E-state index in [1.807, 2.05) is 0 Å². The van der Waals surface area contributed by atoms with E-state index >= 15 is 0 Å². The van der Waals surface area contributed by atoms with Crippen LogP contribution in [-0.4, -0.2) is 11.9 Å². The Morgan fingerprint density at radius 1 is 1.33 bits per heavy atom. The second kappa shape index (κ2) is 4.56. The number of carbonyl (C=O) groups is 1. The summed E-state index contributed by atoms with van der Waals surface area (Å²) < 4.78 is 20.1. The molecule has 0 saturated heterocycles. The molecule has 2 nitrogen and oxygen atoms in total. The number of benzene rings is 1. The van der Waals surface area contributed by atoms with Gasteiger partial charge in [0, 0.05) is 5.41 Å². The highest BCUT2D eigenvalue weighted by molar-refractivity contribution is 5.97. The highest BCUT2D eigenvalue weighted by Crippen LogP contribution is 2.66. The molecule has 3 heteroatoms. The number of carbonyl (C=O) groups excluding carboxylic acids is 1. The molecule has 0 aromatic heterocycles. The van der Waals surface area contributed by atoms with E-state index in [0.29, 0.717) is 11.7 Å². The van der Waals surface area contributed by atoms with Gasteiger partial charge in [-0.25, -0.2) is 4.39 Å². The highest BCUT2D eigenvalue weighted by atomic mass is 19.1. The molecule has 3 rings (SSSR count). The molecule has 0 radical (unpaired) electrons. The molecule has 3 atom stereocenters. The summed E-state index contributed by atoms with van der Waals surface area (Å²) in [5, 5.41) is 0. The molecule has 0 N–H and O–H groups in total. The minimum atomic E-state index is -0.493. The van der Waals surface area contributed by atoms with Gasteiger partial charge in [-0.05, 0) is 49.7 Å². The van der Waals surface area contributed by atoms with Crippen LogP contribution in [0.15, 0.2) is 18.2 Å². The van der Waals surface area contributed by atoms with Crippen molar-refractivity contribution in [1.82, 2.24) is 0 Å². The molecule has 2 saturated carbocycles. The van der Waals surface area contributed by atoms with Crippen LogP contribution in [0.2, 0.25) is 0 Å². The van der Waals surface area contributed by atoms with Gasteiger partial charge in [0.25, 0.3) is 0 Å². The molecule has 3 unspecified atom stereocenters. The van der Waals surface area contributed by atoms with Crippen molar-refractivity contribution in [2.45, 2.75) is 53.1 Å². The number of hydrogen-bond donors (Lipinski definition) is 0. The third-order valence-electron chi connectivity index (χ3n) is 6.31. The third kappa shape index (κ3) is 1.93. The first-order chi connectivity index (χ1) is 9.77. The van der Waals surface area contributed by atoms with E-state index in [1.165, 1.54) is 19.4 Å². The van der Waals surface area contributed by atoms with E-state index in [2.05, 4.69) is 20.8 Å². The average molecular weight is 290 g/mol. The SMILES string of the molecule is CC(=O)c1c(F)cccc1OC1CC2CCC1(C)C2(C)C. The minimum Gasteiger partial charge on any atom is -0.489 e. The van der Waals surface area contributed by atoms with Gasteiger partial charge in [-0.3, -0.25) is 4.79 Å². The van der Waals surface area contributed by atoms with Crippen LogP contribution in [0.25, 0.3) is 0 Å². The summed E-state index contributed by atoms with van der Waals surface area (Å²) in [6, 6.07) is 4.63. The van der Waals surface area contributed by atoms with Gasteiger partial charge in [-0.2, -0.15) is 0 Å². The van der Waals surface area contributed by atoms with Gasteiger partial charge in [0.15, 0.2) is 5.78 Å². The molecule has 0 heterocycles. The fourth-order valence-corrected chi connectivity index (χ4v) is 4.41. The highest BCUT2D eigenvalue weighted by Gasteiger charge is 2.62. The zero-order chi connectivity index (χ0) is 15.4. The molecule has 0 amide bonds. The standard InChI is InChI=1S/C18H23FO2/c1-11(20)16-13(19)6-5-7-14(16)21-15-10-12-8-9-18(15,4)17(12,2)3/h5-7,12,15H,8-10H2,1-4H3. The van der Waals surface area contributed by atoms with Gasteiger partial charge >= 0.3 is 0 Å². The van der Waals surface area contributed by atoms with Gasteiger partial charge in [0.05, 0.1) is 5.56 Å². The van der Waals surface area contributed by atoms with E-state index < -0.39 is 5.82 Å². The first-order valence-electron chi connectivity index (χ1n) is 7.73. The fourth-order valence-electron chi connectivity index (χ4n) is 4.41. The van der Waals surface area contributed by atoms with E-state index in [9.17, 15) is 9.18 Å². The Morgan fingerprint density at radius 3 is 2.57 bits per heavy atom. The molecule has 2 aliphatic carbocycles. The second-order valence-corrected chi connectivity index (χ2v) is 7.39. The summed E-state index contributed by atoms with van der Waals surface area (Å²) in [6.07, 6.45) is 3.44. The van der Waals surface area contributed by atoms with Crippen molar-refractivity contribution in [3.05, 3.63) is 29.6 Å². The van der Waals surface area contributed by atoms with Crippen LogP contribution in [0.3, 0.4) is 0 Å². The summed E-state index contributed by atoms with van der Waals surface area (Å²) in [6.45, 7) is 8.28. The van der Waals surface area contributed by atoms with Gasteiger partial charge in [-0.1, -0.05) is 26.8 Å². The number of Topliss-reactive ketones (excluding diaryl/α,β-unsaturated/α-hetero) is 1. The molecule has 2 fully saturated rings. The van der Waals surface area contributed by atoms with Crippen molar-refractivity contribution in [2.75, 3.05) is 0 Å². The maximum Gasteiger partial charge on any atom is 0.166 e. The summed E-state index contributed by atoms with van der Waals surface area (Å²) in [5.41, 5.74) is 0.418. The van der Waals surface area contributed by atoms with Crippen molar-refractivity contribution in [2.24, 2.45) is 16.7 Å². The first kappa shape index (κ1) is 14.6. The van der Waals surface area contributed by atoms with Gasteiger partial charge in [0.2, 0.25) is 0 Å². The molecule has 21 heavy (non-hydrogen) atoms. The topological polar surface area (TPSA) is 26.3 Å². The Morgan fingerprint density at radius 2 is 2.05 bits per heavy atom.